The van der Waals surface area contributed by atoms with Crippen LogP contribution in [0, 0.1) is 0 Å². The number of hydrogen-bond acceptors (Lipinski definition) is 2. The second-order valence-electron chi connectivity index (χ2n) is 5.46. The molecule has 15 heavy (non-hydrogen) atoms. The summed E-state index contributed by atoms with van der Waals surface area (Å²) in [5.41, 5.74) is 0. The summed E-state index contributed by atoms with van der Waals surface area (Å²) in [4.78, 5) is 5.38. The summed E-state index contributed by atoms with van der Waals surface area (Å²) in [5, 5.41) is 0. The van der Waals surface area contributed by atoms with Crippen LogP contribution in [0.5, 0.6) is 0 Å². The molecule has 0 amide bonds. The molecule has 0 aromatic heterocycles. The van der Waals surface area contributed by atoms with Gasteiger partial charge in [-0.3, -0.25) is 0 Å². The molecule has 0 radical (unpaired) electrons. The van der Waals surface area contributed by atoms with Gasteiger partial charge in [-0.25, -0.2) is 0 Å². The normalized spacial score (nSPS) is 27.4. The maximum atomic E-state index is 2.75. The molecule has 2 aliphatic heterocycles. The highest BCUT2D eigenvalue weighted by atomic mass is 15.2. The van der Waals surface area contributed by atoms with Gasteiger partial charge in [0.05, 0.1) is 0 Å². The van der Waals surface area contributed by atoms with Crippen LogP contribution in [0.25, 0.3) is 0 Å². The quantitative estimate of drug-likeness (QED) is 0.690. The first-order valence-corrected chi connectivity index (χ1v) is 6.75. The van der Waals surface area contributed by atoms with E-state index in [1.165, 1.54) is 58.3 Å². The average Bonchev–Trinajstić information content (AvgIpc) is 2.30. The molecular weight excluding hydrogens is 184 g/mol. The van der Waals surface area contributed by atoms with Gasteiger partial charge in [-0.05, 0) is 65.7 Å². The van der Waals surface area contributed by atoms with E-state index in [0.717, 1.165) is 12.1 Å². The Morgan fingerprint density at radius 2 is 1.47 bits per heavy atom. The third-order valence-corrected chi connectivity index (χ3v) is 4.14. The minimum absolute atomic E-state index is 0.743. The largest absolute Gasteiger partial charge is 0.301 e. The number of likely N-dealkylation sites (tertiary alicyclic amines) is 2. The molecule has 2 rings (SSSR count). The number of nitrogens with zero attached hydrogens (tertiary/aromatic N) is 2. The zero-order valence-electron chi connectivity index (χ0n) is 10.4. The van der Waals surface area contributed by atoms with Crippen molar-refractivity contribution in [1.82, 2.24) is 9.80 Å². The van der Waals surface area contributed by atoms with E-state index in [4.69, 9.17) is 0 Å². The molecule has 2 nitrogen and oxygen atoms in total. The Morgan fingerprint density at radius 1 is 0.867 bits per heavy atom. The van der Waals surface area contributed by atoms with E-state index in [1.807, 2.05) is 0 Å². The Morgan fingerprint density at radius 3 is 2.00 bits per heavy atom. The van der Waals surface area contributed by atoms with E-state index in [9.17, 15) is 0 Å². The first-order valence-electron chi connectivity index (χ1n) is 6.75. The number of rotatable bonds is 2. The predicted octanol–water partition coefficient (Wildman–Crippen LogP) is 2.35. The van der Waals surface area contributed by atoms with E-state index >= 15 is 0 Å². The fourth-order valence-corrected chi connectivity index (χ4v) is 3.05. The van der Waals surface area contributed by atoms with Gasteiger partial charge >= 0.3 is 0 Å². The summed E-state index contributed by atoms with van der Waals surface area (Å²) in [6.07, 6.45) is 7.13. The summed E-state index contributed by atoms with van der Waals surface area (Å²) >= 11 is 0. The van der Waals surface area contributed by atoms with Crippen molar-refractivity contribution in [3.05, 3.63) is 0 Å². The fourth-order valence-electron chi connectivity index (χ4n) is 3.05. The van der Waals surface area contributed by atoms with Crippen LogP contribution in [-0.4, -0.2) is 48.1 Å². The highest BCUT2D eigenvalue weighted by molar-refractivity contribution is 4.82. The van der Waals surface area contributed by atoms with Crippen molar-refractivity contribution in [2.45, 2.75) is 58.0 Å². The molecule has 0 aromatic carbocycles. The second-order valence-corrected chi connectivity index (χ2v) is 5.46. The van der Waals surface area contributed by atoms with Crippen LogP contribution in [0.3, 0.4) is 0 Å². The highest BCUT2D eigenvalue weighted by Gasteiger charge is 2.26. The van der Waals surface area contributed by atoms with Gasteiger partial charge in [0.25, 0.3) is 0 Å². The van der Waals surface area contributed by atoms with Crippen molar-refractivity contribution in [3.8, 4) is 0 Å². The lowest BCUT2D eigenvalue weighted by molar-refractivity contribution is 0.0796. The van der Waals surface area contributed by atoms with Crippen molar-refractivity contribution >= 4 is 0 Å². The van der Waals surface area contributed by atoms with Crippen molar-refractivity contribution in [1.29, 1.82) is 0 Å². The molecule has 2 fully saturated rings. The standard InChI is InChI=1S/C13H26N2/c1-12(2)14-10-6-13(7-11-14)15-8-4-3-5-9-15/h12-13H,3-11H2,1-2H3. The summed E-state index contributed by atoms with van der Waals surface area (Å²) in [7, 11) is 0. The van der Waals surface area contributed by atoms with E-state index in [2.05, 4.69) is 23.6 Å². The highest BCUT2D eigenvalue weighted by Crippen LogP contribution is 2.21. The Bertz CT molecular complexity index is 177. The van der Waals surface area contributed by atoms with Crippen molar-refractivity contribution in [3.63, 3.8) is 0 Å². The molecule has 0 atom stereocenters. The van der Waals surface area contributed by atoms with Gasteiger partial charge in [0.1, 0.15) is 0 Å². The number of hydrogen-bond donors (Lipinski definition) is 0. The minimum atomic E-state index is 0.743. The monoisotopic (exact) mass is 210 g/mol. The van der Waals surface area contributed by atoms with Crippen molar-refractivity contribution in [2.75, 3.05) is 26.2 Å². The maximum absolute atomic E-state index is 2.75. The lowest BCUT2D eigenvalue weighted by Gasteiger charge is -2.41. The van der Waals surface area contributed by atoms with Crippen molar-refractivity contribution in [2.24, 2.45) is 0 Å². The fraction of sp³-hybridized carbons (Fsp3) is 1.00. The maximum Gasteiger partial charge on any atom is 0.0120 e. The summed E-state index contributed by atoms with van der Waals surface area (Å²) < 4.78 is 0. The smallest absolute Gasteiger partial charge is 0.0120 e. The van der Waals surface area contributed by atoms with Crippen LogP contribution in [0.2, 0.25) is 0 Å². The van der Waals surface area contributed by atoms with E-state index in [1.54, 1.807) is 0 Å². The van der Waals surface area contributed by atoms with Crippen molar-refractivity contribution < 1.29 is 0 Å². The van der Waals surface area contributed by atoms with Gasteiger partial charge in [0.2, 0.25) is 0 Å². The molecule has 0 spiro atoms. The molecule has 2 heteroatoms. The predicted molar refractivity (Wildman–Crippen MR) is 65.2 cm³/mol. The van der Waals surface area contributed by atoms with Crippen LogP contribution in [0.4, 0.5) is 0 Å². The molecule has 0 aromatic rings. The van der Waals surface area contributed by atoms with Crippen LogP contribution in [0.1, 0.15) is 46.0 Å². The zero-order valence-corrected chi connectivity index (χ0v) is 10.4. The SMILES string of the molecule is CC(C)N1CCC(N2CCCCC2)CC1. The van der Waals surface area contributed by atoms with Gasteiger partial charge in [-0.1, -0.05) is 6.42 Å². The molecule has 0 saturated carbocycles. The zero-order chi connectivity index (χ0) is 10.7. The van der Waals surface area contributed by atoms with E-state index in [-0.39, 0.29) is 0 Å². The first kappa shape index (κ1) is 11.4. The van der Waals surface area contributed by atoms with E-state index in [0.29, 0.717) is 0 Å². The Hall–Kier alpha value is -0.0800. The van der Waals surface area contributed by atoms with Gasteiger partial charge in [-0.2, -0.15) is 0 Å². The Balaban J connectivity index is 1.77. The molecule has 2 heterocycles. The average molecular weight is 210 g/mol. The molecule has 0 aliphatic carbocycles. The third-order valence-electron chi connectivity index (χ3n) is 4.14. The van der Waals surface area contributed by atoms with Gasteiger partial charge in [0.15, 0.2) is 0 Å². The summed E-state index contributed by atoms with van der Waals surface area (Å²) in [6, 6.07) is 1.65. The van der Waals surface area contributed by atoms with Gasteiger partial charge in [0, 0.05) is 12.1 Å². The van der Waals surface area contributed by atoms with Crippen LogP contribution in [-0.2, 0) is 0 Å². The van der Waals surface area contributed by atoms with E-state index < -0.39 is 0 Å². The molecule has 0 bridgehead atoms. The summed E-state index contributed by atoms with van der Waals surface area (Å²) in [6.45, 7) is 10.0. The van der Waals surface area contributed by atoms with Gasteiger partial charge in [-0.15, -0.1) is 0 Å². The Labute approximate surface area is 94.6 Å². The summed E-state index contributed by atoms with van der Waals surface area (Å²) in [5.74, 6) is 0. The Kier molecular flexibility index (Phi) is 4.04. The lowest BCUT2D eigenvalue weighted by atomic mass is 9.99. The molecule has 2 saturated heterocycles. The third kappa shape index (κ3) is 2.94. The molecule has 0 N–H and O–H groups in total. The molecule has 2 aliphatic rings. The lowest BCUT2D eigenvalue weighted by Crippen LogP contribution is -2.48. The topological polar surface area (TPSA) is 6.48 Å². The first-order chi connectivity index (χ1) is 7.27. The molecule has 88 valence electrons. The van der Waals surface area contributed by atoms with Gasteiger partial charge < -0.3 is 9.80 Å². The second kappa shape index (κ2) is 5.31. The minimum Gasteiger partial charge on any atom is -0.301 e. The van der Waals surface area contributed by atoms with Crippen LogP contribution < -0.4 is 0 Å². The van der Waals surface area contributed by atoms with Crippen LogP contribution >= 0.6 is 0 Å². The number of piperidine rings is 2. The molecular formula is C13H26N2. The van der Waals surface area contributed by atoms with Crippen LogP contribution in [0.15, 0.2) is 0 Å². The molecule has 0 unspecified atom stereocenters.